The fourth-order valence-electron chi connectivity index (χ4n) is 4.50. The SMILES string of the molecule is CC(C)(C)N1CC(C(=O)N2CCC(C(=O)N3CCCCC3)CC2)CC1=O. The molecule has 6 nitrogen and oxygen atoms in total. The van der Waals surface area contributed by atoms with Crippen molar-refractivity contribution in [2.75, 3.05) is 32.7 Å². The highest BCUT2D eigenvalue weighted by Gasteiger charge is 2.41. The van der Waals surface area contributed by atoms with Crippen LogP contribution in [0.4, 0.5) is 0 Å². The van der Waals surface area contributed by atoms with Gasteiger partial charge >= 0.3 is 0 Å². The molecule has 1 atom stereocenters. The molecule has 3 amide bonds. The fourth-order valence-corrected chi connectivity index (χ4v) is 4.50. The Kier molecular flexibility index (Phi) is 5.58. The molecule has 1 unspecified atom stereocenters. The maximum atomic E-state index is 12.8. The van der Waals surface area contributed by atoms with Gasteiger partial charge in [-0.25, -0.2) is 0 Å². The van der Waals surface area contributed by atoms with Gasteiger partial charge in [0.2, 0.25) is 17.7 Å². The molecule has 0 spiro atoms. The smallest absolute Gasteiger partial charge is 0.227 e. The van der Waals surface area contributed by atoms with Crippen molar-refractivity contribution in [1.82, 2.24) is 14.7 Å². The summed E-state index contributed by atoms with van der Waals surface area (Å²) in [5.74, 6) is 0.288. The monoisotopic (exact) mass is 363 g/mol. The number of carbonyl (C=O) groups is 3. The Morgan fingerprint density at radius 1 is 0.846 bits per heavy atom. The molecule has 3 heterocycles. The second-order valence-electron chi connectivity index (χ2n) is 9.06. The van der Waals surface area contributed by atoms with Gasteiger partial charge in [-0.1, -0.05) is 0 Å². The summed E-state index contributed by atoms with van der Waals surface area (Å²) in [7, 11) is 0. The minimum Gasteiger partial charge on any atom is -0.342 e. The van der Waals surface area contributed by atoms with E-state index in [2.05, 4.69) is 0 Å². The zero-order valence-electron chi connectivity index (χ0n) is 16.5. The number of rotatable bonds is 2. The first-order valence-electron chi connectivity index (χ1n) is 10.2. The Bertz CT molecular complexity index is 555. The summed E-state index contributed by atoms with van der Waals surface area (Å²) in [5.41, 5.74) is -0.236. The van der Waals surface area contributed by atoms with E-state index >= 15 is 0 Å². The van der Waals surface area contributed by atoms with Gasteiger partial charge in [0.25, 0.3) is 0 Å². The Labute approximate surface area is 156 Å². The Balaban J connectivity index is 1.51. The molecule has 3 rings (SSSR count). The maximum Gasteiger partial charge on any atom is 0.227 e. The van der Waals surface area contributed by atoms with Crippen LogP contribution in [0.3, 0.4) is 0 Å². The van der Waals surface area contributed by atoms with E-state index in [-0.39, 0.29) is 35.1 Å². The van der Waals surface area contributed by atoms with Crippen LogP contribution in [0.25, 0.3) is 0 Å². The molecular formula is C20H33N3O3. The van der Waals surface area contributed by atoms with E-state index in [9.17, 15) is 14.4 Å². The quantitative estimate of drug-likeness (QED) is 0.753. The summed E-state index contributed by atoms with van der Waals surface area (Å²) >= 11 is 0. The molecule has 0 aromatic heterocycles. The highest BCUT2D eigenvalue weighted by atomic mass is 16.2. The van der Waals surface area contributed by atoms with Crippen LogP contribution in [0.5, 0.6) is 0 Å². The van der Waals surface area contributed by atoms with E-state index in [0.29, 0.717) is 26.1 Å². The Morgan fingerprint density at radius 2 is 1.38 bits per heavy atom. The van der Waals surface area contributed by atoms with Gasteiger partial charge in [0.05, 0.1) is 5.92 Å². The van der Waals surface area contributed by atoms with Crippen LogP contribution in [0, 0.1) is 11.8 Å². The van der Waals surface area contributed by atoms with Gasteiger partial charge in [-0.2, -0.15) is 0 Å². The van der Waals surface area contributed by atoms with Gasteiger partial charge in [0.1, 0.15) is 0 Å². The van der Waals surface area contributed by atoms with Crippen LogP contribution in [0.2, 0.25) is 0 Å². The van der Waals surface area contributed by atoms with Crippen molar-refractivity contribution in [2.24, 2.45) is 11.8 Å². The number of likely N-dealkylation sites (tertiary alicyclic amines) is 3. The van der Waals surface area contributed by atoms with Gasteiger partial charge in [0.15, 0.2) is 0 Å². The summed E-state index contributed by atoms with van der Waals surface area (Å²) < 4.78 is 0. The average molecular weight is 364 g/mol. The summed E-state index contributed by atoms with van der Waals surface area (Å²) in [6.45, 7) is 9.62. The van der Waals surface area contributed by atoms with E-state index in [4.69, 9.17) is 0 Å². The minimum atomic E-state index is -0.236. The van der Waals surface area contributed by atoms with Crippen molar-refractivity contribution in [1.29, 1.82) is 0 Å². The first-order valence-corrected chi connectivity index (χ1v) is 10.2. The Hall–Kier alpha value is -1.59. The van der Waals surface area contributed by atoms with E-state index in [1.807, 2.05) is 35.5 Å². The van der Waals surface area contributed by atoms with Crippen molar-refractivity contribution in [3.63, 3.8) is 0 Å². The topological polar surface area (TPSA) is 60.9 Å². The van der Waals surface area contributed by atoms with Crippen LogP contribution in [-0.4, -0.2) is 70.7 Å². The summed E-state index contributed by atoms with van der Waals surface area (Å²) in [6, 6.07) is 0. The molecule has 6 heteroatoms. The molecule has 146 valence electrons. The molecule has 0 bridgehead atoms. The highest BCUT2D eigenvalue weighted by molar-refractivity contribution is 5.90. The number of hydrogen-bond acceptors (Lipinski definition) is 3. The van der Waals surface area contributed by atoms with Crippen LogP contribution in [0.1, 0.15) is 59.3 Å². The third kappa shape index (κ3) is 4.04. The lowest BCUT2D eigenvalue weighted by atomic mass is 9.93. The predicted octanol–water partition coefficient (Wildman–Crippen LogP) is 1.88. The number of hydrogen-bond donors (Lipinski definition) is 0. The van der Waals surface area contributed by atoms with Gasteiger partial charge in [-0.05, 0) is 52.9 Å². The van der Waals surface area contributed by atoms with Crippen molar-refractivity contribution in [2.45, 2.75) is 64.8 Å². The molecule has 3 saturated heterocycles. The summed E-state index contributed by atoms with van der Waals surface area (Å²) in [6.07, 6.45) is 5.28. The van der Waals surface area contributed by atoms with Crippen molar-refractivity contribution in [3.8, 4) is 0 Å². The molecule has 0 aromatic rings. The second-order valence-corrected chi connectivity index (χ2v) is 9.06. The molecule has 3 aliphatic rings. The zero-order valence-corrected chi connectivity index (χ0v) is 16.5. The lowest BCUT2D eigenvalue weighted by molar-refractivity contribution is -0.143. The second kappa shape index (κ2) is 7.57. The number of nitrogens with zero attached hydrogens (tertiary/aromatic N) is 3. The fraction of sp³-hybridized carbons (Fsp3) is 0.850. The van der Waals surface area contributed by atoms with Crippen LogP contribution in [0.15, 0.2) is 0 Å². The first-order chi connectivity index (χ1) is 12.3. The van der Waals surface area contributed by atoms with Gasteiger partial charge in [0, 0.05) is 50.6 Å². The molecule has 26 heavy (non-hydrogen) atoms. The third-order valence-electron chi connectivity index (χ3n) is 6.11. The molecule has 0 radical (unpaired) electrons. The van der Waals surface area contributed by atoms with Crippen LogP contribution >= 0.6 is 0 Å². The standard InChI is InChI=1S/C20H33N3O3/c1-20(2,3)23-14-16(13-17(23)24)19(26)22-11-7-15(8-12-22)18(25)21-9-5-4-6-10-21/h15-16H,4-14H2,1-3H3. The van der Waals surface area contributed by atoms with E-state index < -0.39 is 0 Å². The van der Waals surface area contributed by atoms with E-state index in [0.717, 1.165) is 38.8 Å². The molecule has 3 fully saturated rings. The molecule has 0 saturated carbocycles. The third-order valence-corrected chi connectivity index (χ3v) is 6.11. The Morgan fingerprint density at radius 3 is 1.92 bits per heavy atom. The summed E-state index contributed by atoms with van der Waals surface area (Å²) in [4.78, 5) is 43.5. The number of piperidine rings is 2. The predicted molar refractivity (Wildman–Crippen MR) is 99.3 cm³/mol. The average Bonchev–Trinajstić information content (AvgIpc) is 3.03. The molecule has 0 aliphatic carbocycles. The number of amides is 3. The number of carbonyl (C=O) groups excluding carboxylic acids is 3. The highest BCUT2D eigenvalue weighted by Crippen LogP contribution is 2.29. The van der Waals surface area contributed by atoms with E-state index in [1.165, 1.54) is 6.42 Å². The maximum absolute atomic E-state index is 12.8. The first kappa shape index (κ1) is 19.2. The molecule has 0 aromatic carbocycles. The zero-order chi connectivity index (χ0) is 18.9. The van der Waals surface area contributed by atoms with Crippen molar-refractivity contribution in [3.05, 3.63) is 0 Å². The molecule has 3 aliphatic heterocycles. The molecular weight excluding hydrogens is 330 g/mol. The lowest BCUT2D eigenvalue weighted by Crippen LogP contribution is -2.47. The lowest BCUT2D eigenvalue weighted by Gasteiger charge is -2.36. The van der Waals surface area contributed by atoms with Gasteiger partial charge < -0.3 is 14.7 Å². The largest absolute Gasteiger partial charge is 0.342 e. The van der Waals surface area contributed by atoms with Crippen molar-refractivity contribution < 1.29 is 14.4 Å². The summed E-state index contributed by atoms with van der Waals surface area (Å²) in [5, 5.41) is 0. The van der Waals surface area contributed by atoms with Gasteiger partial charge in [-0.15, -0.1) is 0 Å². The molecule has 0 N–H and O–H groups in total. The minimum absolute atomic E-state index is 0.0634. The van der Waals surface area contributed by atoms with Gasteiger partial charge in [-0.3, -0.25) is 14.4 Å². The van der Waals surface area contributed by atoms with Crippen LogP contribution in [-0.2, 0) is 14.4 Å². The van der Waals surface area contributed by atoms with Crippen LogP contribution < -0.4 is 0 Å². The normalized spacial score (nSPS) is 25.7. The van der Waals surface area contributed by atoms with Crippen molar-refractivity contribution >= 4 is 17.7 Å². The van der Waals surface area contributed by atoms with E-state index in [1.54, 1.807) is 0 Å².